The van der Waals surface area contributed by atoms with Crippen molar-refractivity contribution in [1.82, 2.24) is 10.2 Å². The number of hydrogen-bond acceptors (Lipinski definition) is 2. The molecule has 1 aliphatic heterocycles. The van der Waals surface area contributed by atoms with Gasteiger partial charge in [0.25, 0.3) is 0 Å². The fourth-order valence-electron chi connectivity index (χ4n) is 2.89. The average molecular weight is 303 g/mol. The highest BCUT2D eigenvalue weighted by atomic mass is 15.2. The van der Waals surface area contributed by atoms with Gasteiger partial charge < -0.3 is 10.2 Å². The van der Waals surface area contributed by atoms with Gasteiger partial charge in [-0.2, -0.15) is 0 Å². The maximum atomic E-state index is 4.41. The second kappa shape index (κ2) is 7.21. The maximum absolute atomic E-state index is 4.41. The van der Waals surface area contributed by atoms with E-state index in [-0.39, 0.29) is 0 Å². The van der Waals surface area contributed by atoms with Crippen LogP contribution in [0.25, 0.3) is 0 Å². The Kier molecular flexibility index (Phi) is 6.10. The van der Waals surface area contributed by atoms with Gasteiger partial charge in [-0.15, -0.1) is 0 Å². The highest BCUT2D eigenvalue weighted by Crippen LogP contribution is 2.39. The van der Waals surface area contributed by atoms with Gasteiger partial charge in [0, 0.05) is 36.3 Å². The molecule has 0 bridgehead atoms. The predicted molar refractivity (Wildman–Crippen MR) is 98.3 cm³/mol. The number of likely N-dealkylation sites (N-methyl/N-ethyl adjacent to an activating group) is 1. The van der Waals surface area contributed by atoms with Gasteiger partial charge in [0.15, 0.2) is 0 Å². The molecule has 0 aromatic carbocycles. The smallest absolute Gasteiger partial charge is 0.0492 e. The molecule has 1 heterocycles. The topological polar surface area (TPSA) is 15.3 Å². The van der Waals surface area contributed by atoms with Crippen LogP contribution in [0.3, 0.4) is 0 Å². The first-order valence-electron chi connectivity index (χ1n) is 8.42. The first-order chi connectivity index (χ1) is 10.1. The van der Waals surface area contributed by atoms with Crippen LogP contribution in [0.4, 0.5) is 0 Å². The van der Waals surface area contributed by atoms with Gasteiger partial charge in [0.1, 0.15) is 0 Å². The van der Waals surface area contributed by atoms with Crippen molar-refractivity contribution < 1.29 is 0 Å². The van der Waals surface area contributed by atoms with E-state index >= 15 is 0 Å². The Morgan fingerprint density at radius 3 is 1.95 bits per heavy atom. The van der Waals surface area contributed by atoms with Gasteiger partial charge in [-0.3, -0.25) is 0 Å². The fraction of sp³-hybridized carbons (Fsp3) is 0.600. The Labute approximate surface area is 137 Å². The van der Waals surface area contributed by atoms with Crippen LogP contribution in [0.2, 0.25) is 0 Å². The second-order valence-corrected chi connectivity index (χ2v) is 7.27. The molecular formula is C20H34N2. The van der Waals surface area contributed by atoms with Gasteiger partial charge in [0.2, 0.25) is 0 Å². The van der Waals surface area contributed by atoms with Crippen molar-refractivity contribution in [3.63, 3.8) is 0 Å². The normalized spacial score (nSPS) is 15.9. The molecule has 0 saturated carbocycles. The van der Waals surface area contributed by atoms with E-state index in [1.165, 1.54) is 33.7 Å². The van der Waals surface area contributed by atoms with E-state index in [1.807, 2.05) is 7.05 Å². The lowest BCUT2D eigenvalue weighted by molar-refractivity contribution is 0.373. The third kappa shape index (κ3) is 3.48. The van der Waals surface area contributed by atoms with Crippen LogP contribution in [0.1, 0.15) is 55.4 Å². The SMILES string of the molecule is C=C(C1=C(NC)C(C(C)C)=CN(C(C)C)C1=C(C)C)C(C)C. The Hall–Kier alpha value is -1.44. The van der Waals surface area contributed by atoms with E-state index in [2.05, 4.69) is 78.4 Å². The van der Waals surface area contributed by atoms with Crippen molar-refractivity contribution in [2.24, 2.45) is 11.8 Å². The van der Waals surface area contributed by atoms with E-state index in [9.17, 15) is 0 Å². The Morgan fingerprint density at radius 2 is 1.64 bits per heavy atom. The van der Waals surface area contributed by atoms with Crippen LogP contribution in [0, 0.1) is 11.8 Å². The number of hydrogen-bond donors (Lipinski definition) is 1. The number of nitrogens with zero attached hydrogens (tertiary/aromatic N) is 1. The molecule has 22 heavy (non-hydrogen) atoms. The molecule has 2 nitrogen and oxygen atoms in total. The first kappa shape index (κ1) is 18.6. The van der Waals surface area contributed by atoms with E-state index < -0.39 is 0 Å². The summed E-state index contributed by atoms with van der Waals surface area (Å²) >= 11 is 0. The molecule has 0 unspecified atom stereocenters. The number of nitrogens with one attached hydrogen (secondary N) is 1. The average Bonchev–Trinajstić information content (AvgIpc) is 2.43. The molecule has 0 saturated heterocycles. The third-order valence-corrected chi connectivity index (χ3v) is 4.23. The maximum Gasteiger partial charge on any atom is 0.0492 e. The molecule has 1 rings (SSSR count). The summed E-state index contributed by atoms with van der Waals surface area (Å²) in [6.45, 7) is 22.2. The van der Waals surface area contributed by atoms with E-state index in [4.69, 9.17) is 0 Å². The number of rotatable bonds is 5. The minimum atomic E-state index is 0.423. The minimum absolute atomic E-state index is 0.423. The van der Waals surface area contributed by atoms with E-state index in [1.54, 1.807) is 0 Å². The molecule has 1 aliphatic rings. The highest BCUT2D eigenvalue weighted by molar-refractivity contribution is 5.58. The van der Waals surface area contributed by atoms with Crippen LogP contribution >= 0.6 is 0 Å². The molecule has 0 atom stereocenters. The van der Waals surface area contributed by atoms with Crippen LogP contribution in [-0.2, 0) is 0 Å². The zero-order chi connectivity index (χ0) is 17.2. The molecule has 0 aromatic heterocycles. The van der Waals surface area contributed by atoms with Gasteiger partial charge in [-0.1, -0.05) is 39.8 Å². The van der Waals surface area contributed by atoms with Crippen molar-refractivity contribution in [3.05, 3.63) is 46.5 Å². The lowest BCUT2D eigenvalue weighted by atomic mass is 9.84. The zero-order valence-electron chi connectivity index (χ0n) is 16.0. The van der Waals surface area contributed by atoms with E-state index in [0.717, 1.165) is 0 Å². The molecule has 0 spiro atoms. The van der Waals surface area contributed by atoms with Crippen LogP contribution < -0.4 is 5.32 Å². The quantitative estimate of drug-likeness (QED) is 0.748. The molecule has 1 N–H and O–H groups in total. The largest absolute Gasteiger partial charge is 0.387 e. The Morgan fingerprint density at radius 1 is 1.09 bits per heavy atom. The molecule has 0 radical (unpaired) electrons. The van der Waals surface area contributed by atoms with Gasteiger partial charge in [0.05, 0.1) is 0 Å². The molecule has 2 heteroatoms. The summed E-state index contributed by atoms with van der Waals surface area (Å²) < 4.78 is 0. The standard InChI is InChI=1S/C20H34N2/c1-12(2)16(9)18-19(21-10)17(13(3)4)11-22(15(7)8)20(18)14(5)6/h11-13,15,21H,9H2,1-8,10H3. The number of allylic oxidation sites excluding steroid dienone is 3. The predicted octanol–water partition coefficient (Wildman–Crippen LogP) is 5.23. The lowest BCUT2D eigenvalue weighted by Gasteiger charge is -2.39. The summed E-state index contributed by atoms with van der Waals surface area (Å²) in [5.74, 6) is 0.894. The molecule has 0 amide bonds. The highest BCUT2D eigenvalue weighted by Gasteiger charge is 2.30. The summed E-state index contributed by atoms with van der Waals surface area (Å²) in [6, 6.07) is 0.423. The fourth-order valence-corrected chi connectivity index (χ4v) is 2.89. The van der Waals surface area contributed by atoms with Crippen molar-refractivity contribution in [1.29, 1.82) is 0 Å². The molecule has 0 aliphatic carbocycles. The van der Waals surface area contributed by atoms with Crippen molar-refractivity contribution in [2.75, 3.05) is 7.05 Å². The molecule has 0 aromatic rings. The van der Waals surface area contributed by atoms with Crippen molar-refractivity contribution in [3.8, 4) is 0 Å². The summed E-state index contributed by atoms with van der Waals surface area (Å²) in [5, 5.41) is 3.46. The molecule has 0 fully saturated rings. The van der Waals surface area contributed by atoms with Crippen LogP contribution in [0.15, 0.2) is 46.5 Å². The first-order valence-corrected chi connectivity index (χ1v) is 8.42. The minimum Gasteiger partial charge on any atom is -0.387 e. The monoisotopic (exact) mass is 302 g/mol. The Balaban J connectivity index is 3.72. The third-order valence-electron chi connectivity index (χ3n) is 4.23. The molecular weight excluding hydrogens is 268 g/mol. The molecule has 124 valence electrons. The van der Waals surface area contributed by atoms with E-state index in [0.29, 0.717) is 17.9 Å². The van der Waals surface area contributed by atoms with Crippen LogP contribution in [0.5, 0.6) is 0 Å². The van der Waals surface area contributed by atoms with Crippen LogP contribution in [-0.4, -0.2) is 18.0 Å². The zero-order valence-corrected chi connectivity index (χ0v) is 16.0. The van der Waals surface area contributed by atoms with Gasteiger partial charge >= 0.3 is 0 Å². The van der Waals surface area contributed by atoms with Gasteiger partial charge in [-0.05, 0) is 50.7 Å². The van der Waals surface area contributed by atoms with Crippen molar-refractivity contribution in [2.45, 2.75) is 61.4 Å². The van der Waals surface area contributed by atoms with Crippen molar-refractivity contribution >= 4 is 0 Å². The summed E-state index contributed by atoms with van der Waals surface area (Å²) in [5.41, 5.74) is 7.73. The van der Waals surface area contributed by atoms with Gasteiger partial charge in [-0.25, -0.2) is 0 Å². The summed E-state index contributed by atoms with van der Waals surface area (Å²) in [7, 11) is 2.02. The Bertz CT molecular complexity index is 524. The summed E-state index contributed by atoms with van der Waals surface area (Å²) in [4.78, 5) is 2.41. The summed E-state index contributed by atoms with van der Waals surface area (Å²) in [6.07, 6.45) is 2.32. The second-order valence-electron chi connectivity index (χ2n) is 7.27. The lowest BCUT2D eigenvalue weighted by Crippen LogP contribution is -2.34.